The van der Waals surface area contributed by atoms with Crippen LogP contribution >= 0.6 is 16.9 Å². The fourth-order valence-corrected chi connectivity index (χ4v) is 13.7. The number of piperidine rings is 1. The van der Waals surface area contributed by atoms with Crippen molar-refractivity contribution in [1.29, 1.82) is 0 Å². The molecule has 2 amide bonds. The van der Waals surface area contributed by atoms with Gasteiger partial charge in [0, 0.05) is 107 Å². The van der Waals surface area contributed by atoms with E-state index in [0.29, 0.717) is 75.6 Å². The van der Waals surface area contributed by atoms with Gasteiger partial charge in [-0.25, -0.2) is 9.59 Å². The fraction of sp³-hybridized carbons (Fsp3) is 0.677. The highest BCUT2D eigenvalue weighted by molar-refractivity contribution is 7.39. The molecule has 87 heavy (non-hydrogen) atoms. The number of nitrogens with zero attached hydrogens (tertiary/aromatic N) is 3. The predicted molar refractivity (Wildman–Crippen MR) is 321 cm³/mol. The van der Waals surface area contributed by atoms with E-state index in [1.165, 1.54) is 36.2 Å². The van der Waals surface area contributed by atoms with Crippen molar-refractivity contribution in [2.24, 2.45) is 41.4 Å². The molecule has 1 saturated carbocycles. The number of hydrogen-bond donors (Lipinski definition) is 5. The van der Waals surface area contributed by atoms with E-state index in [0.717, 1.165) is 5.57 Å². The molecule has 1 aliphatic carbocycles. The van der Waals surface area contributed by atoms with Gasteiger partial charge < -0.3 is 63.1 Å². The highest BCUT2D eigenvalue weighted by atomic mass is 31.2. The molecule has 0 radical (unpaired) electrons. The van der Waals surface area contributed by atoms with Gasteiger partial charge in [0.15, 0.2) is 5.78 Å². The van der Waals surface area contributed by atoms with Gasteiger partial charge in [0.05, 0.1) is 18.3 Å². The van der Waals surface area contributed by atoms with Crippen molar-refractivity contribution in [2.75, 3.05) is 60.0 Å². The molecule has 4 aliphatic heterocycles. The van der Waals surface area contributed by atoms with E-state index >= 15 is 0 Å². The number of likely N-dealkylation sites (N-methyl/N-ethyl adjacent to an activating group) is 2. The van der Waals surface area contributed by atoms with Gasteiger partial charge in [0.25, 0.3) is 11.7 Å². The summed E-state index contributed by atoms with van der Waals surface area (Å²) in [6.07, 6.45) is 7.18. The summed E-state index contributed by atoms with van der Waals surface area (Å²) in [5.41, 5.74) is 2.16. The SMILES string of the molecule is COC1CC(C[C@H]2C3CCCN4C(=O)C(=O)C5(O)O[C@@H](CCC5C)C[C@H](OC)/C(C)=C/C=C/C=C/[C@@H](C)CC(C)C(=O)[C@H](OC)C(O)/C(C)=C/C(C)C(=O)C[C@@H]2OC(=O)C34)CC[C@H]1OC(=O)N(C)CCN(C)c1ccc(C(OP(O)O)O[P+](=O)O)cc1. The van der Waals surface area contributed by atoms with Crippen molar-refractivity contribution in [1.82, 2.24) is 9.80 Å². The molecule has 23 nitrogen and oxygen atoms in total. The number of fused-ring (bicyclic) bond motifs is 4. The van der Waals surface area contributed by atoms with Crippen molar-refractivity contribution in [3.8, 4) is 0 Å². The number of ketones is 3. The Labute approximate surface area is 513 Å². The molecular formula is C62H92N3O20P2+. The Balaban J connectivity index is 1.23. The van der Waals surface area contributed by atoms with Gasteiger partial charge in [0.1, 0.15) is 36.2 Å². The average Bonchev–Trinajstić information content (AvgIpc) is 0.896. The Morgan fingerprint density at radius 2 is 1.59 bits per heavy atom. The Morgan fingerprint density at radius 1 is 0.874 bits per heavy atom. The molecule has 1 aromatic carbocycles. The number of hydrogen-bond acceptors (Lipinski definition) is 20. The quantitative estimate of drug-likeness (QED) is 0.0373. The number of carbonyl (C=O) groups excluding carboxylic acids is 6. The van der Waals surface area contributed by atoms with Gasteiger partial charge in [-0.1, -0.05) is 80.8 Å². The Hall–Kier alpha value is -4.71. The third-order valence-electron chi connectivity index (χ3n) is 18.2. The van der Waals surface area contributed by atoms with Crippen molar-refractivity contribution < 1.29 is 95.7 Å². The molecular weight excluding hydrogens is 1170 g/mol. The van der Waals surface area contributed by atoms with Crippen molar-refractivity contribution in [3.05, 3.63) is 77.4 Å². The van der Waals surface area contributed by atoms with Crippen LogP contribution in [0.2, 0.25) is 0 Å². The van der Waals surface area contributed by atoms with Crippen LogP contribution in [0.4, 0.5) is 10.5 Å². The first-order valence-corrected chi connectivity index (χ1v) is 32.4. The number of aliphatic hydroxyl groups excluding tert-OH is 1. The maximum absolute atomic E-state index is 14.7. The largest absolute Gasteiger partial charge is 0.697 e. The van der Waals surface area contributed by atoms with Gasteiger partial charge in [-0.2, -0.15) is 0 Å². The number of aliphatic hydroxyl groups is 2. The van der Waals surface area contributed by atoms with E-state index < -0.39 is 131 Å². The zero-order valence-corrected chi connectivity index (χ0v) is 53.8. The summed E-state index contributed by atoms with van der Waals surface area (Å²) in [5, 5.41) is 23.8. The molecule has 4 fully saturated rings. The molecule has 1 aromatic rings. The summed E-state index contributed by atoms with van der Waals surface area (Å²) in [6.45, 7) is 11.3. The predicted octanol–water partition coefficient (Wildman–Crippen LogP) is 7.51. The molecule has 484 valence electrons. The van der Waals surface area contributed by atoms with E-state index in [1.807, 2.05) is 49.1 Å². The van der Waals surface area contributed by atoms with Gasteiger partial charge in [-0.3, -0.25) is 23.7 Å². The minimum atomic E-state index is -3.11. The lowest BCUT2D eigenvalue weighted by atomic mass is 9.68. The number of Topliss-reactive ketones (excluding diaryl/α,β-unsaturated/α-hetero) is 3. The third-order valence-corrected chi connectivity index (χ3v) is 19.0. The van der Waals surface area contributed by atoms with Crippen molar-refractivity contribution in [3.63, 3.8) is 0 Å². The first-order valence-electron chi connectivity index (χ1n) is 30.1. The third kappa shape index (κ3) is 18.7. The van der Waals surface area contributed by atoms with Gasteiger partial charge >= 0.3 is 28.9 Å². The molecule has 6 rings (SSSR count). The summed E-state index contributed by atoms with van der Waals surface area (Å²) in [5.74, 6) is -9.40. The van der Waals surface area contributed by atoms with Crippen LogP contribution in [0.25, 0.3) is 0 Å². The van der Waals surface area contributed by atoms with Crippen LogP contribution < -0.4 is 4.90 Å². The summed E-state index contributed by atoms with van der Waals surface area (Å²) >= 11 is 0. The van der Waals surface area contributed by atoms with Crippen LogP contribution in [0, 0.1) is 41.4 Å². The second-order valence-corrected chi connectivity index (χ2v) is 25.7. The summed E-state index contributed by atoms with van der Waals surface area (Å²) in [7, 11) is 1.86. The number of esters is 1. The van der Waals surface area contributed by atoms with E-state index in [1.54, 1.807) is 67.1 Å². The number of allylic oxidation sites excluding steroid dienone is 6. The van der Waals surface area contributed by atoms with Crippen LogP contribution in [0.3, 0.4) is 0 Å². The van der Waals surface area contributed by atoms with E-state index in [9.17, 15) is 58.2 Å². The maximum Gasteiger partial charge on any atom is 0.697 e. The number of carbonyl (C=O) groups is 6. The molecule has 5 aliphatic rings. The molecule has 3 saturated heterocycles. The maximum atomic E-state index is 14.7. The topological polar surface area (TPSA) is 304 Å². The van der Waals surface area contributed by atoms with Crippen LogP contribution in [-0.4, -0.2) is 180 Å². The Morgan fingerprint density at radius 3 is 2.24 bits per heavy atom. The highest BCUT2D eigenvalue weighted by Gasteiger charge is 2.57. The van der Waals surface area contributed by atoms with Gasteiger partial charge in [-0.15, -0.1) is 4.89 Å². The summed E-state index contributed by atoms with van der Waals surface area (Å²) in [4.78, 5) is 118. The lowest BCUT2D eigenvalue weighted by molar-refractivity contribution is -0.266. The Kier molecular flexibility index (Phi) is 27.0. The fourth-order valence-electron chi connectivity index (χ4n) is 13.0. The van der Waals surface area contributed by atoms with Gasteiger partial charge in [0.2, 0.25) is 12.1 Å². The first kappa shape index (κ1) is 71.4. The minimum absolute atomic E-state index is 0.0176. The van der Waals surface area contributed by atoms with E-state index in [4.69, 9.17) is 37.5 Å². The monoisotopic (exact) mass is 1260 g/mol. The minimum Gasteiger partial charge on any atom is -0.460 e. The number of ether oxygens (including phenoxy) is 6. The number of amides is 2. The number of benzene rings is 1. The van der Waals surface area contributed by atoms with Crippen LogP contribution in [0.1, 0.15) is 124 Å². The lowest BCUT2D eigenvalue weighted by Gasteiger charge is -2.50. The molecule has 18 atom stereocenters. The van der Waals surface area contributed by atoms with E-state index in [2.05, 4.69) is 0 Å². The molecule has 4 bridgehead atoms. The molecule has 25 heteroatoms. The summed E-state index contributed by atoms with van der Waals surface area (Å²) in [6, 6.07) is 5.19. The smallest absolute Gasteiger partial charge is 0.460 e. The zero-order chi connectivity index (χ0) is 64.0. The molecule has 11 unspecified atom stereocenters. The summed E-state index contributed by atoms with van der Waals surface area (Å²) < 4.78 is 57.1. The Bertz CT molecular complexity index is 2670. The number of rotatable bonds is 15. The molecule has 0 spiro atoms. The van der Waals surface area contributed by atoms with Crippen molar-refractivity contribution >= 4 is 57.9 Å². The average molecular weight is 1260 g/mol. The number of anilines is 1. The molecule has 0 aromatic heterocycles. The van der Waals surface area contributed by atoms with E-state index in [-0.39, 0.29) is 54.9 Å². The standard InChI is InChI=1S/C62H91N3O20P2/c1-36-16-13-12-14-17-37(2)50(78-9)34-45-25-19-41(6)62(73,83-45)57(69)58(70)65-27-15-18-46-47(51(81-59(71)53(46)65)35-48(66)38(3)31-40(5)55(68)56(80-11)54(67)39(4)30-36)32-42-20-26-49(52(33-42)79-10)82-61(72)64(8)29-28-63(7)44-23-21-43(22-24-44)60(84-86(74)75)85-87(76)77/h12-14,16-17,21-24,31,36,38-39,41-42,45-47,49-53,55-56,60,68,73-75H,15,18-20,25-30,32-35H2,1-11H3/p+1/b14-12+,16-13+,37-17+,40-31+/t36-,38?,39?,41?,42?,45+,46?,47+,49-,50+,51+,52?,53?,55?,56+,60?,62?/m1/s1. The number of methoxy groups -OCH3 is 3. The van der Waals surface area contributed by atoms with Crippen LogP contribution in [0.15, 0.2) is 71.9 Å². The molecule has 4 heterocycles. The second-order valence-electron chi connectivity index (χ2n) is 24.3. The van der Waals surface area contributed by atoms with Crippen LogP contribution in [-0.2, 0) is 66.0 Å². The lowest BCUT2D eigenvalue weighted by Crippen LogP contribution is -2.65. The van der Waals surface area contributed by atoms with Crippen molar-refractivity contribution in [2.45, 2.75) is 173 Å². The normalized spacial score (nSPS) is 35.3. The highest BCUT2D eigenvalue weighted by Crippen LogP contribution is 2.46. The first-order chi connectivity index (χ1) is 41.2. The van der Waals surface area contributed by atoms with Gasteiger partial charge in [-0.05, 0) is 113 Å². The molecule has 5 N–H and O–H groups in total. The van der Waals surface area contributed by atoms with Crippen LogP contribution in [0.5, 0.6) is 0 Å². The second kappa shape index (κ2) is 32.9. The zero-order valence-electron chi connectivity index (χ0n) is 52.0.